The molecule has 2 amide bonds. The van der Waals surface area contributed by atoms with E-state index in [1.54, 1.807) is 0 Å². The van der Waals surface area contributed by atoms with Gasteiger partial charge in [0.25, 0.3) is 5.91 Å². The van der Waals surface area contributed by atoms with E-state index in [0.29, 0.717) is 36.0 Å². The molecule has 2 fully saturated rings. The van der Waals surface area contributed by atoms with Crippen molar-refractivity contribution in [3.8, 4) is 0 Å². The summed E-state index contributed by atoms with van der Waals surface area (Å²) in [5.74, 6) is 1.36. The number of hydrogen-bond acceptors (Lipinski definition) is 2. The van der Waals surface area contributed by atoms with Crippen molar-refractivity contribution in [1.29, 1.82) is 0 Å². The van der Waals surface area contributed by atoms with Gasteiger partial charge in [0.15, 0.2) is 5.66 Å². The lowest BCUT2D eigenvalue weighted by Crippen LogP contribution is -2.51. The van der Waals surface area contributed by atoms with Gasteiger partial charge in [-0.2, -0.15) is 0 Å². The van der Waals surface area contributed by atoms with Crippen LogP contribution >= 0.6 is 11.6 Å². The zero-order valence-electron chi connectivity index (χ0n) is 17.3. The van der Waals surface area contributed by atoms with Gasteiger partial charge in [0, 0.05) is 41.2 Å². The van der Waals surface area contributed by atoms with Gasteiger partial charge in [0.2, 0.25) is 5.91 Å². The summed E-state index contributed by atoms with van der Waals surface area (Å²) in [5.41, 5.74) is 1.65. The summed E-state index contributed by atoms with van der Waals surface area (Å²) in [6.45, 7) is 3.40. The number of carbonyl (C=O) groups excluding carboxylic acids is 2. The normalized spacial score (nSPS) is 27.9. The standard InChI is InChI=1S/C25H27ClN2O2/c1-17-6-8-18(9-7-17)16-23(29)27-14-15-28-24(30)21-4-2-3-5-22(21)25(27,28)19-10-12-20(26)13-11-19/h2-5,10-13,17-18H,6-9,14-16H2,1H3. The molecule has 1 saturated carbocycles. The smallest absolute Gasteiger partial charge is 0.256 e. The molecule has 3 aliphatic rings. The number of rotatable bonds is 3. The van der Waals surface area contributed by atoms with Crippen LogP contribution in [-0.2, 0) is 10.5 Å². The first-order valence-electron chi connectivity index (χ1n) is 11.0. The lowest BCUT2D eigenvalue weighted by atomic mass is 9.81. The lowest BCUT2D eigenvalue weighted by Gasteiger charge is -2.41. The predicted molar refractivity (Wildman–Crippen MR) is 117 cm³/mol. The van der Waals surface area contributed by atoms with E-state index in [9.17, 15) is 9.59 Å². The van der Waals surface area contributed by atoms with Crippen molar-refractivity contribution in [2.75, 3.05) is 13.1 Å². The van der Waals surface area contributed by atoms with Gasteiger partial charge in [-0.3, -0.25) is 9.59 Å². The molecule has 156 valence electrons. The van der Waals surface area contributed by atoms with Gasteiger partial charge in [-0.1, -0.05) is 61.7 Å². The highest BCUT2D eigenvalue weighted by Crippen LogP contribution is 2.50. The number of fused-ring (bicyclic) bond motifs is 3. The van der Waals surface area contributed by atoms with Crippen molar-refractivity contribution in [3.63, 3.8) is 0 Å². The Morgan fingerprint density at radius 1 is 1.03 bits per heavy atom. The average Bonchev–Trinajstić information content (AvgIpc) is 3.26. The van der Waals surface area contributed by atoms with Crippen LogP contribution in [0, 0.1) is 11.8 Å². The van der Waals surface area contributed by atoms with Crippen molar-refractivity contribution in [2.24, 2.45) is 11.8 Å². The molecule has 30 heavy (non-hydrogen) atoms. The van der Waals surface area contributed by atoms with E-state index in [-0.39, 0.29) is 11.8 Å². The second-order valence-electron chi connectivity index (χ2n) is 9.06. The minimum atomic E-state index is -0.864. The average molecular weight is 423 g/mol. The molecule has 2 aromatic carbocycles. The second-order valence-corrected chi connectivity index (χ2v) is 9.49. The summed E-state index contributed by atoms with van der Waals surface area (Å²) in [7, 11) is 0. The van der Waals surface area contributed by atoms with Gasteiger partial charge in [0.1, 0.15) is 0 Å². The van der Waals surface area contributed by atoms with Crippen molar-refractivity contribution in [1.82, 2.24) is 9.80 Å². The summed E-state index contributed by atoms with van der Waals surface area (Å²) in [6.07, 6.45) is 5.20. The molecule has 0 N–H and O–H groups in total. The second kappa shape index (κ2) is 7.42. The molecule has 0 aromatic heterocycles. The molecule has 5 rings (SSSR count). The molecule has 2 heterocycles. The molecule has 1 aliphatic carbocycles. The van der Waals surface area contributed by atoms with E-state index in [1.165, 1.54) is 12.8 Å². The predicted octanol–water partition coefficient (Wildman–Crippen LogP) is 5.06. The van der Waals surface area contributed by atoms with Gasteiger partial charge in [-0.25, -0.2) is 0 Å². The third-order valence-electron chi connectivity index (χ3n) is 7.25. The maximum absolute atomic E-state index is 13.7. The first-order chi connectivity index (χ1) is 14.5. The quantitative estimate of drug-likeness (QED) is 0.694. The van der Waals surface area contributed by atoms with Crippen molar-refractivity contribution in [2.45, 2.75) is 44.7 Å². The Morgan fingerprint density at radius 3 is 2.47 bits per heavy atom. The molecular weight excluding hydrogens is 396 g/mol. The Kier molecular flexibility index (Phi) is 4.85. The molecule has 1 unspecified atom stereocenters. The number of nitrogens with zero attached hydrogens (tertiary/aromatic N) is 2. The summed E-state index contributed by atoms with van der Waals surface area (Å²) in [4.78, 5) is 30.8. The molecule has 0 spiro atoms. The maximum Gasteiger partial charge on any atom is 0.256 e. The van der Waals surface area contributed by atoms with Crippen LogP contribution < -0.4 is 0 Å². The third kappa shape index (κ3) is 2.88. The molecule has 0 radical (unpaired) electrons. The number of benzene rings is 2. The minimum Gasteiger partial charge on any atom is -0.310 e. The topological polar surface area (TPSA) is 40.6 Å². The van der Waals surface area contributed by atoms with Crippen LogP contribution in [0.5, 0.6) is 0 Å². The molecule has 1 atom stereocenters. The Hall–Kier alpha value is -2.33. The molecular formula is C25H27ClN2O2. The summed E-state index contributed by atoms with van der Waals surface area (Å²) in [5, 5.41) is 0.645. The molecule has 4 nitrogen and oxygen atoms in total. The highest BCUT2D eigenvalue weighted by atomic mass is 35.5. The minimum absolute atomic E-state index is 0.00217. The summed E-state index contributed by atoms with van der Waals surface area (Å²) < 4.78 is 0. The van der Waals surface area contributed by atoms with Crippen LogP contribution in [-0.4, -0.2) is 34.7 Å². The van der Waals surface area contributed by atoms with Crippen LogP contribution in [0.1, 0.15) is 60.5 Å². The fourth-order valence-corrected chi connectivity index (χ4v) is 5.80. The monoisotopic (exact) mass is 422 g/mol. The SMILES string of the molecule is CC1CCC(CC(=O)N2CCN3C(=O)c4ccccc4C23c2ccc(Cl)cc2)CC1. The van der Waals surface area contributed by atoms with Gasteiger partial charge < -0.3 is 9.80 Å². The third-order valence-corrected chi connectivity index (χ3v) is 7.51. The summed E-state index contributed by atoms with van der Waals surface area (Å²) in [6, 6.07) is 15.3. The van der Waals surface area contributed by atoms with Crippen LogP contribution in [0.15, 0.2) is 48.5 Å². The fourth-order valence-electron chi connectivity index (χ4n) is 5.67. The lowest BCUT2D eigenvalue weighted by molar-refractivity contribution is -0.137. The van der Waals surface area contributed by atoms with Crippen molar-refractivity contribution in [3.05, 3.63) is 70.2 Å². The molecule has 1 saturated heterocycles. The van der Waals surface area contributed by atoms with E-state index in [0.717, 1.165) is 29.9 Å². The number of hydrogen-bond donors (Lipinski definition) is 0. The zero-order chi connectivity index (χ0) is 20.9. The highest BCUT2D eigenvalue weighted by molar-refractivity contribution is 6.30. The molecule has 2 aromatic rings. The zero-order valence-corrected chi connectivity index (χ0v) is 18.1. The maximum atomic E-state index is 13.7. The Morgan fingerprint density at radius 2 is 1.73 bits per heavy atom. The van der Waals surface area contributed by atoms with Crippen LogP contribution in [0.4, 0.5) is 0 Å². The van der Waals surface area contributed by atoms with E-state index in [4.69, 9.17) is 11.6 Å². The number of carbonyl (C=O) groups is 2. The van der Waals surface area contributed by atoms with Crippen molar-refractivity contribution >= 4 is 23.4 Å². The van der Waals surface area contributed by atoms with E-state index < -0.39 is 5.66 Å². The fraction of sp³-hybridized carbons (Fsp3) is 0.440. The Balaban J connectivity index is 1.57. The first-order valence-corrected chi connectivity index (χ1v) is 11.4. The van der Waals surface area contributed by atoms with Gasteiger partial charge in [-0.15, -0.1) is 0 Å². The van der Waals surface area contributed by atoms with E-state index in [2.05, 4.69) is 6.92 Å². The van der Waals surface area contributed by atoms with Crippen LogP contribution in [0.25, 0.3) is 0 Å². The van der Waals surface area contributed by atoms with Crippen LogP contribution in [0.3, 0.4) is 0 Å². The van der Waals surface area contributed by atoms with Gasteiger partial charge in [-0.05, 0) is 42.9 Å². The number of amides is 2. The van der Waals surface area contributed by atoms with Crippen molar-refractivity contribution < 1.29 is 9.59 Å². The van der Waals surface area contributed by atoms with Gasteiger partial charge in [0.05, 0.1) is 0 Å². The highest BCUT2D eigenvalue weighted by Gasteiger charge is 2.59. The van der Waals surface area contributed by atoms with Crippen LogP contribution in [0.2, 0.25) is 5.02 Å². The Bertz CT molecular complexity index is 981. The van der Waals surface area contributed by atoms with Gasteiger partial charge >= 0.3 is 0 Å². The molecule has 5 heteroatoms. The molecule has 2 aliphatic heterocycles. The van der Waals surface area contributed by atoms with E-state index >= 15 is 0 Å². The first kappa shape index (κ1) is 19.6. The summed E-state index contributed by atoms with van der Waals surface area (Å²) >= 11 is 6.17. The Labute approximate surface area is 182 Å². The van der Waals surface area contributed by atoms with E-state index in [1.807, 2.05) is 58.3 Å². The number of halogens is 1. The molecule has 0 bridgehead atoms. The largest absolute Gasteiger partial charge is 0.310 e.